The summed E-state index contributed by atoms with van der Waals surface area (Å²) in [4.78, 5) is 0.0402. The third kappa shape index (κ3) is 3.55. The molecule has 2 N–H and O–H groups in total. The van der Waals surface area contributed by atoms with E-state index in [4.69, 9.17) is 14.3 Å². The molecule has 0 aliphatic rings. The number of aryl methyl sites for hydroxylation is 1. The first-order valence-electron chi connectivity index (χ1n) is 5.47. The van der Waals surface area contributed by atoms with Crippen LogP contribution in [-0.2, 0) is 21.4 Å². The molecule has 0 atom stereocenters. The second kappa shape index (κ2) is 5.40. The van der Waals surface area contributed by atoms with Gasteiger partial charge in [-0.25, -0.2) is 13.1 Å². The molecule has 0 radical (unpaired) electrons. The molecule has 1 aromatic heterocycles. The van der Waals surface area contributed by atoms with Gasteiger partial charge in [0, 0.05) is 19.7 Å². The van der Waals surface area contributed by atoms with E-state index in [1.807, 2.05) is 0 Å². The van der Waals surface area contributed by atoms with Crippen LogP contribution in [0.2, 0.25) is 0 Å². The predicted molar refractivity (Wildman–Crippen MR) is 65.6 cm³/mol. The maximum Gasteiger partial charge on any atom is 0.244 e. The fourth-order valence-corrected chi connectivity index (χ4v) is 2.69. The molecule has 0 unspecified atom stereocenters. The second-order valence-electron chi connectivity index (χ2n) is 4.58. The summed E-state index contributed by atoms with van der Waals surface area (Å²) >= 11 is 0. The van der Waals surface area contributed by atoms with E-state index in [1.54, 1.807) is 13.8 Å². The first-order valence-corrected chi connectivity index (χ1v) is 6.95. The highest BCUT2D eigenvalue weighted by Gasteiger charge is 2.25. The Balaban J connectivity index is 2.90. The van der Waals surface area contributed by atoms with E-state index in [2.05, 4.69) is 4.72 Å². The summed E-state index contributed by atoms with van der Waals surface area (Å²) in [5.74, 6) is 0.473. The molecule has 18 heavy (non-hydrogen) atoms. The van der Waals surface area contributed by atoms with Crippen molar-refractivity contribution in [2.24, 2.45) is 0 Å². The van der Waals surface area contributed by atoms with Gasteiger partial charge in [-0.15, -0.1) is 0 Å². The maximum atomic E-state index is 12.0. The summed E-state index contributed by atoms with van der Waals surface area (Å²) in [6.07, 6.45) is 0. The van der Waals surface area contributed by atoms with Crippen molar-refractivity contribution in [2.45, 2.75) is 37.9 Å². The van der Waals surface area contributed by atoms with Gasteiger partial charge in [-0.05, 0) is 20.8 Å². The van der Waals surface area contributed by atoms with Crippen molar-refractivity contribution < 1.29 is 22.7 Å². The quantitative estimate of drug-likeness (QED) is 0.802. The van der Waals surface area contributed by atoms with Crippen LogP contribution in [0, 0.1) is 6.92 Å². The number of rotatable bonds is 6. The van der Waals surface area contributed by atoms with Crippen molar-refractivity contribution in [1.29, 1.82) is 0 Å². The minimum absolute atomic E-state index is 0.0402. The average molecular weight is 277 g/mol. The first kappa shape index (κ1) is 15.2. The molecular formula is C11H19NO5S. The number of hydrogen-bond donors (Lipinski definition) is 2. The van der Waals surface area contributed by atoms with Crippen molar-refractivity contribution in [3.8, 4) is 0 Å². The van der Waals surface area contributed by atoms with Gasteiger partial charge in [-0.1, -0.05) is 0 Å². The van der Waals surface area contributed by atoms with Crippen LogP contribution < -0.4 is 4.72 Å². The second-order valence-corrected chi connectivity index (χ2v) is 6.32. The topological polar surface area (TPSA) is 88.8 Å². The lowest BCUT2D eigenvalue weighted by molar-refractivity contribution is 0.0276. The van der Waals surface area contributed by atoms with Gasteiger partial charge < -0.3 is 14.3 Å². The van der Waals surface area contributed by atoms with Crippen LogP contribution >= 0.6 is 0 Å². The Kier molecular flexibility index (Phi) is 4.55. The molecule has 0 saturated heterocycles. The lowest BCUT2D eigenvalue weighted by atomic mass is 10.1. The van der Waals surface area contributed by atoms with Crippen LogP contribution in [-0.4, -0.2) is 32.8 Å². The molecule has 0 fully saturated rings. The third-order valence-corrected chi connectivity index (χ3v) is 4.12. The summed E-state index contributed by atoms with van der Waals surface area (Å²) in [6.45, 7) is 4.90. The van der Waals surface area contributed by atoms with Crippen LogP contribution in [0.5, 0.6) is 0 Å². The zero-order chi connectivity index (χ0) is 14.0. The Morgan fingerprint density at radius 2 is 2.11 bits per heavy atom. The van der Waals surface area contributed by atoms with Gasteiger partial charge in [0.1, 0.15) is 23.0 Å². The predicted octanol–water partition coefficient (Wildman–Crippen LogP) is 0.784. The van der Waals surface area contributed by atoms with Crippen molar-refractivity contribution in [1.82, 2.24) is 4.72 Å². The average Bonchev–Trinajstić information content (AvgIpc) is 2.69. The number of aliphatic hydroxyl groups excluding tert-OH is 1. The number of ether oxygens (including phenoxy) is 1. The smallest absolute Gasteiger partial charge is 0.244 e. The van der Waals surface area contributed by atoms with Gasteiger partial charge in [-0.3, -0.25) is 0 Å². The fraction of sp³-hybridized carbons (Fsp3) is 0.636. The summed E-state index contributed by atoms with van der Waals surface area (Å²) in [5, 5.41) is 8.91. The van der Waals surface area contributed by atoms with Gasteiger partial charge in [0.15, 0.2) is 0 Å². The largest absolute Gasteiger partial charge is 0.462 e. The SMILES string of the molecule is COC(C)(C)CNS(=O)(=O)c1cc(CO)oc1C. The van der Waals surface area contributed by atoms with Gasteiger partial charge in [-0.2, -0.15) is 0 Å². The zero-order valence-electron chi connectivity index (χ0n) is 11.0. The fourth-order valence-electron chi connectivity index (χ4n) is 1.29. The van der Waals surface area contributed by atoms with Crippen molar-refractivity contribution >= 4 is 10.0 Å². The number of hydrogen-bond acceptors (Lipinski definition) is 5. The van der Waals surface area contributed by atoms with E-state index in [9.17, 15) is 8.42 Å². The molecule has 0 spiro atoms. The highest BCUT2D eigenvalue weighted by molar-refractivity contribution is 7.89. The third-order valence-electron chi connectivity index (χ3n) is 2.61. The van der Waals surface area contributed by atoms with Crippen LogP contribution in [0.1, 0.15) is 25.4 Å². The monoisotopic (exact) mass is 277 g/mol. The standard InChI is InChI=1S/C11H19NO5S/c1-8-10(5-9(6-13)17-8)18(14,15)12-7-11(2,3)16-4/h5,12-13H,6-7H2,1-4H3. The molecule has 7 heteroatoms. The van der Waals surface area contributed by atoms with E-state index < -0.39 is 15.6 Å². The van der Waals surface area contributed by atoms with Gasteiger partial charge >= 0.3 is 0 Å². The number of furan rings is 1. The van der Waals surface area contributed by atoms with E-state index >= 15 is 0 Å². The van der Waals surface area contributed by atoms with Crippen molar-refractivity contribution in [3.05, 3.63) is 17.6 Å². The zero-order valence-corrected chi connectivity index (χ0v) is 11.8. The molecule has 1 aromatic rings. The Bertz CT molecular complexity index is 504. The molecule has 1 heterocycles. The molecule has 6 nitrogen and oxygen atoms in total. The molecule has 0 bridgehead atoms. The van der Waals surface area contributed by atoms with E-state index in [0.717, 1.165) is 0 Å². The summed E-state index contributed by atoms with van der Waals surface area (Å²) in [6, 6.07) is 1.32. The number of nitrogens with one attached hydrogen (secondary N) is 1. The molecule has 0 saturated carbocycles. The van der Waals surface area contributed by atoms with E-state index in [0.29, 0.717) is 0 Å². The summed E-state index contributed by atoms with van der Waals surface area (Å²) < 4.78 is 36.8. The maximum absolute atomic E-state index is 12.0. The summed E-state index contributed by atoms with van der Waals surface area (Å²) in [7, 11) is -2.14. The van der Waals surface area contributed by atoms with Crippen molar-refractivity contribution in [2.75, 3.05) is 13.7 Å². The van der Waals surface area contributed by atoms with E-state index in [1.165, 1.54) is 20.1 Å². The normalized spacial score (nSPS) is 12.9. The van der Waals surface area contributed by atoms with Gasteiger partial charge in [0.2, 0.25) is 10.0 Å². The lowest BCUT2D eigenvalue weighted by Gasteiger charge is -2.22. The highest BCUT2D eigenvalue weighted by atomic mass is 32.2. The number of sulfonamides is 1. The molecule has 0 aliphatic carbocycles. The molecule has 1 rings (SSSR count). The summed E-state index contributed by atoms with van der Waals surface area (Å²) in [5.41, 5.74) is -0.593. The Hall–Kier alpha value is -0.890. The molecular weight excluding hydrogens is 258 g/mol. The number of methoxy groups -OCH3 is 1. The Morgan fingerprint density at radius 3 is 2.56 bits per heavy atom. The lowest BCUT2D eigenvalue weighted by Crippen LogP contribution is -2.39. The van der Waals surface area contributed by atoms with Crippen LogP contribution in [0.25, 0.3) is 0 Å². The van der Waals surface area contributed by atoms with Crippen LogP contribution in [0.3, 0.4) is 0 Å². The van der Waals surface area contributed by atoms with Crippen LogP contribution in [0.15, 0.2) is 15.4 Å². The van der Waals surface area contributed by atoms with E-state index in [-0.39, 0.29) is 29.6 Å². The van der Waals surface area contributed by atoms with Crippen LogP contribution in [0.4, 0.5) is 0 Å². The minimum Gasteiger partial charge on any atom is -0.462 e. The first-order chi connectivity index (χ1) is 8.22. The minimum atomic E-state index is -3.66. The number of aliphatic hydroxyl groups is 1. The molecule has 104 valence electrons. The molecule has 0 amide bonds. The Morgan fingerprint density at radius 1 is 1.50 bits per heavy atom. The molecule has 0 aromatic carbocycles. The molecule has 0 aliphatic heterocycles. The van der Waals surface area contributed by atoms with Crippen molar-refractivity contribution in [3.63, 3.8) is 0 Å². The van der Waals surface area contributed by atoms with Gasteiger partial charge in [0.25, 0.3) is 0 Å². The Labute approximate surface area is 107 Å². The highest BCUT2D eigenvalue weighted by Crippen LogP contribution is 2.20. The van der Waals surface area contributed by atoms with Gasteiger partial charge in [0.05, 0.1) is 5.60 Å².